The van der Waals surface area contributed by atoms with E-state index in [2.05, 4.69) is 10.2 Å². The van der Waals surface area contributed by atoms with Crippen LogP contribution in [-0.4, -0.2) is 87.6 Å². The summed E-state index contributed by atoms with van der Waals surface area (Å²) in [7, 11) is 3.07. The van der Waals surface area contributed by atoms with Crippen LogP contribution in [-0.2, 0) is 9.53 Å². The fourth-order valence-corrected chi connectivity index (χ4v) is 4.49. The number of benzene rings is 3. The summed E-state index contributed by atoms with van der Waals surface area (Å²) in [5.74, 6) is -0.674. The van der Waals surface area contributed by atoms with Crippen LogP contribution in [0.2, 0.25) is 0 Å². The Balaban J connectivity index is 1.31. The lowest BCUT2D eigenvalue weighted by molar-refractivity contribution is -0.117. The summed E-state index contributed by atoms with van der Waals surface area (Å²) >= 11 is 0. The average Bonchev–Trinajstić information content (AvgIpc) is 2.99. The molecule has 210 valence electrons. The van der Waals surface area contributed by atoms with Crippen molar-refractivity contribution in [3.05, 3.63) is 89.7 Å². The number of hydrogen-bond donors (Lipinski definition) is 1. The zero-order valence-corrected chi connectivity index (χ0v) is 22.6. The molecule has 0 aromatic heterocycles. The number of carbonyl (C=O) groups excluding carboxylic acids is 3. The van der Waals surface area contributed by atoms with Gasteiger partial charge in [-0.15, -0.1) is 0 Å². The molecule has 1 fully saturated rings. The van der Waals surface area contributed by atoms with Crippen molar-refractivity contribution in [2.45, 2.75) is 0 Å². The van der Waals surface area contributed by atoms with Crippen LogP contribution in [0.1, 0.15) is 20.7 Å². The quantitative estimate of drug-likeness (QED) is 0.417. The van der Waals surface area contributed by atoms with E-state index >= 15 is 0 Å². The zero-order valence-electron chi connectivity index (χ0n) is 22.6. The van der Waals surface area contributed by atoms with E-state index in [9.17, 15) is 18.8 Å². The third-order valence-electron chi connectivity index (χ3n) is 6.66. The average molecular weight is 549 g/mol. The van der Waals surface area contributed by atoms with Gasteiger partial charge in [0.2, 0.25) is 5.91 Å². The highest BCUT2D eigenvalue weighted by Gasteiger charge is 2.23. The van der Waals surface area contributed by atoms with E-state index in [4.69, 9.17) is 9.47 Å². The summed E-state index contributed by atoms with van der Waals surface area (Å²) in [4.78, 5) is 43.9. The van der Waals surface area contributed by atoms with Gasteiger partial charge in [0.15, 0.2) is 0 Å². The molecule has 4 rings (SSSR count). The summed E-state index contributed by atoms with van der Waals surface area (Å²) in [6.07, 6.45) is 0. The van der Waals surface area contributed by atoms with Crippen molar-refractivity contribution in [1.29, 1.82) is 0 Å². The summed E-state index contributed by atoms with van der Waals surface area (Å²) in [5, 5.41) is 2.85. The second kappa shape index (κ2) is 13.6. The van der Waals surface area contributed by atoms with Crippen molar-refractivity contribution in [2.75, 3.05) is 70.3 Å². The first kappa shape index (κ1) is 28.6. The Hall–Kier alpha value is -4.44. The van der Waals surface area contributed by atoms with E-state index in [0.29, 0.717) is 55.3 Å². The molecule has 0 spiro atoms. The Labute approximate surface area is 233 Å². The molecule has 1 N–H and O–H groups in total. The molecule has 0 aliphatic carbocycles. The van der Waals surface area contributed by atoms with Crippen molar-refractivity contribution in [3.8, 4) is 5.75 Å². The Morgan fingerprint density at radius 3 is 2.27 bits per heavy atom. The van der Waals surface area contributed by atoms with Gasteiger partial charge < -0.3 is 29.5 Å². The Kier molecular flexibility index (Phi) is 9.69. The molecule has 1 aliphatic heterocycles. The fraction of sp³-hybridized carbons (Fsp3) is 0.300. The predicted octanol–water partition coefficient (Wildman–Crippen LogP) is 3.52. The van der Waals surface area contributed by atoms with Gasteiger partial charge in [-0.2, -0.15) is 0 Å². The van der Waals surface area contributed by atoms with Gasteiger partial charge in [0, 0.05) is 62.3 Å². The van der Waals surface area contributed by atoms with E-state index in [-0.39, 0.29) is 30.8 Å². The Bertz CT molecular complexity index is 1330. The maximum atomic E-state index is 13.5. The minimum Gasteiger partial charge on any atom is -0.497 e. The number of halogens is 1. The van der Waals surface area contributed by atoms with E-state index in [0.717, 1.165) is 5.69 Å². The van der Waals surface area contributed by atoms with Crippen molar-refractivity contribution >= 4 is 29.1 Å². The molecule has 1 aliphatic rings. The van der Waals surface area contributed by atoms with Gasteiger partial charge in [-0.3, -0.25) is 14.4 Å². The second-order valence-corrected chi connectivity index (χ2v) is 9.34. The monoisotopic (exact) mass is 548 g/mol. The number of ether oxygens (including phenoxy) is 2. The number of amides is 3. The smallest absolute Gasteiger partial charge is 0.254 e. The maximum absolute atomic E-state index is 13.5. The minimum absolute atomic E-state index is 0.136. The van der Waals surface area contributed by atoms with Gasteiger partial charge in [-0.05, 0) is 60.7 Å². The number of carbonyl (C=O) groups is 3. The fourth-order valence-electron chi connectivity index (χ4n) is 4.49. The number of anilines is 2. The minimum atomic E-state index is -0.428. The lowest BCUT2D eigenvalue weighted by atomic mass is 10.1. The highest BCUT2D eigenvalue weighted by atomic mass is 19.1. The first-order valence-electron chi connectivity index (χ1n) is 13.0. The molecule has 3 amide bonds. The zero-order chi connectivity index (χ0) is 28.5. The normalized spacial score (nSPS) is 13.1. The van der Waals surface area contributed by atoms with E-state index < -0.39 is 5.82 Å². The van der Waals surface area contributed by atoms with Gasteiger partial charge in [0.1, 0.15) is 18.1 Å². The van der Waals surface area contributed by atoms with Gasteiger partial charge in [0.25, 0.3) is 11.8 Å². The number of piperazine rings is 1. The lowest BCUT2D eigenvalue weighted by Gasteiger charge is -2.36. The number of methoxy groups -OCH3 is 2. The van der Waals surface area contributed by atoms with E-state index in [1.54, 1.807) is 47.4 Å². The predicted molar refractivity (Wildman–Crippen MR) is 150 cm³/mol. The first-order valence-corrected chi connectivity index (χ1v) is 13.0. The van der Waals surface area contributed by atoms with E-state index in [1.165, 1.54) is 37.3 Å². The van der Waals surface area contributed by atoms with Crippen LogP contribution in [0, 0.1) is 5.82 Å². The maximum Gasteiger partial charge on any atom is 0.254 e. The molecule has 1 heterocycles. The van der Waals surface area contributed by atoms with Gasteiger partial charge in [-0.25, -0.2) is 4.39 Å². The molecule has 0 saturated carbocycles. The molecule has 3 aromatic rings. The Morgan fingerprint density at radius 1 is 0.900 bits per heavy atom. The standard InChI is InChI=1S/C30H33FN4O5/c1-39-18-17-35(30(38)23-6-4-8-27(20-23)40-2)21-28(36)32-25-9-11-26(12-10-25)33-13-15-34(16-14-33)29(37)22-5-3-7-24(31)19-22/h3-12,19-20H,13-18,21H2,1-2H3,(H,32,36). The molecule has 3 aromatic carbocycles. The van der Waals surface area contributed by atoms with Gasteiger partial charge in [0.05, 0.1) is 13.7 Å². The van der Waals surface area contributed by atoms with Crippen LogP contribution >= 0.6 is 0 Å². The van der Waals surface area contributed by atoms with Crippen molar-refractivity contribution in [1.82, 2.24) is 9.80 Å². The number of nitrogens with one attached hydrogen (secondary N) is 1. The largest absolute Gasteiger partial charge is 0.497 e. The summed E-state index contributed by atoms with van der Waals surface area (Å²) in [5.41, 5.74) is 2.34. The van der Waals surface area contributed by atoms with Crippen LogP contribution in [0.5, 0.6) is 5.75 Å². The molecule has 0 atom stereocenters. The number of rotatable bonds is 10. The second-order valence-electron chi connectivity index (χ2n) is 9.34. The third-order valence-corrected chi connectivity index (χ3v) is 6.66. The highest BCUT2D eigenvalue weighted by Crippen LogP contribution is 2.21. The molecule has 0 radical (unpaired) electrons. The summed E-state index contributed by atoms with van der Waals surface area (Å²) in [6.45, 7) is 2.72. The molecule has 40 heavy (non-hydrogen) atoms. The van der Waals surface area contributed by atoms with E-state index in [1.807, 2.05) is 12.1 Å². The third kappa shape index (κ3) is 7.35. The lowest BCUT2D eigenvalue weighted by Crippen LogP contribution is -2.48. The summed E-state index contributed by atoms with van der Waals surface area (Å²) < 4.78 is 23.8. The van der Waals surface area contributed by atoms with Crippen molar-refractivity contribution in [3.63, 3.8) is 0 Å². The molecular weight excluding hydrogens is 515 g/mol. The van der Waals surface area contributed by atoms with Crippen molar-refractivity contribution < 1.29 is 28.2 Å². The topological polar surface area (TPSA) is 91.4 Å². The van der Waals surface area contributed by atoms with Crippen LogP contribution in [0.4, 0.5) is 15.8 Å². The van der Waals surface area contributed by atoms with Crippen molar-refractivity contribution in [2.24, 2.45) is 0 Å². The molecule has 9 nitrogen and oxygen atoms in total. The Morgan fingerprint density at radius 2 is 1.60 bits per heavy atom. The molecule has 1 saturated heterocycles. The summed E-state index contributed by atoms with van der Waals surface area (Å²) in [6, 6.07) is 20.0. The first-order chi connectivity index (χ1) is 19.4. The van der Waals surface area contributed by atoms with Crippen LogP contribution in [0.15, 0.2) is 72.8 Å². The molecule has 0 bridgehead atoms. The number of hydrogen-bond acceptors (Lipinski definition) is 6. The SMILES string of the molecule is COCCN(CC(=O)Nc1ccc(N2CCN(C(=O)c3cccc(F)c3)CC2)cc1)C(=O)c1cccc(OC)c1. The van der Waals surface area contributed by atoms with Gasteiger partial charge >= 0.3 is 0 Å². The number of nitrogens with zero attached hydrogens (tertiary/aromatic N) is 3. The van der Waals surface area contributed by atoms with Crippen LogP contribution in [0.25, 0.3) is 0 Å². The molecular formula is C30H33FN4O5. The molecule has 10 heteroatoms. The molecule has 0 unspecified atom stereocenters. The van der Waals surface area contributed by atoms with Crippen LogP contribution in [0.3, 0.4) is 0 Å². The highest BCUT2D eigenvalue weighted by molar-refractivity contribution is 5.99. The van der Waals surface area contributed by atoms with Gasteiger partial charge in [-0.1, -0.05) is 12.1 Å². The van der Waals surface area contributed by atoms with Crippen LogP contribution < -0.4 is 15.0 Å².